The lowest BCUT2D eigenvalue weighted by Gasteiger charge is -2.09. The average Bonchev–Trinajstić information content (AvgIpc) is 3.09. The molecule has 2 aromatic heterocycles. The number of rotatable bonds is 4. The molecule has 0 aliphatic carbocycles. The molecule has 5 nitrogen and oxygen atoms in total. The van der Waals surface area contributed by atoms with E-state index in [2.05, 4.69) is 10.4 Å². The summed E-state index contributed by atoms with van der Waals surface area (Å²) in [6.07, 6.45) is 0. The van der Waals surface area contributed by atoms with Gasteiger partial charge in [0.25, 0.3) is 5.91 Å². The van der Waals surface area contributed by atoms with Crippen molar-refractivity contribution in [1.29, 1.82) is 0 Å². The smallest absolute Gasteiger partial charge is 0.261 e. The van der Waals surface area contributed by atoms with Gasteiger partial charge in [0, 0.05) is 18.0 Å². The number of amides is 1. The van der Waals surface area contributed by atoms with Crippen LogP contribution >= 0.6 is 22.9 Å². The van der Waals surface area contributed by atoms with Gasteiger partial charge in [-0.3, -0.25) is 4.79 Å². The minimum absolute atomic E-state index is 0.0612. The number of aromatic nitrogens is 2. The second kappa shape index (κ2) is 6.31. The number of nitrogens with one attached hydrogen (secondary N) is 1. The second-order valence-corrected chi connectivity index (χ2v) is 6.83. The summed E-state index contributed by atoms with van der Waals surface area (Å²) < 4.78 is 1.79. The predicted octanol–water partition coefficient (Wildman–Crippen LogP) is 3.13. The van der Waals surface area contributed by atoms with Gasteiger partial charge >= 0.3 is 0 Å². The van der Waals surface area contributed by atoms with Crippen LogP contribution in [-0.4, -0.2) is 28.3 Å². The molecule has 0 radical (unpaired) electrons. The zero-order valence-corrected chi connectivity index (χ0v) is 14.4. The Kier molecular flexibility index (Phi) is 4.39. The van der Waals surface area contributed by atoms with E-state index in [1.165, 1.54) is 11.3 Å². The molecule has 7 heteroatoms. The zero-order valence-electron chi connectivity index (χ0n) is 12.8. The fourth-order valence-electron chi connectivity index (χ4n) is 2.30. The molecule has 0 saturated carbocycles. The van der Waals surface area contributed by atoms with Crippen molar-refractivity contribution in [3.63, 3.8) is 0 Å². The van der Waals surface area contributed by atoms with E-state index in [1.54, 1.807) is 4.68 Å². The lowest BCUT2D eigenvalue weighted by atomic mass is 10.3. The fourth-order valence-corrected chi connectivity index (χ4v) is 3.59. The molecule has 0 fully saturated rings. The van der Waals surface area contributed by atoms with E-state index in [9.17, 15) is 4.79 Å². The van der Waals surface area contributed by atoms with Crippen LogP contribution in [0.3, 0.4) is 0 Å². The zero-order chi connectivity index (χ0) is 16.6. The molecule has 3 aromatic rings. The molecule has 3 rings (SSSR count). The minimum Gasteiger partial charge on any atom is -0.348 e. The van der Waals surface area contributed by atoms with Crippen LogP contribution in [0.25, 0.3) is 15.9 Å². The molecule has 0 bridgehead atoms. The maximum Gasteiger partial charge on any atom is 0.261 e. The van der Waals surface area contributed by atoms with Gasteiger partial charge in [-0.2, -0.15) is 5.10 Å². The highest BCUT2D eigenvalue weighted by Gasteiger charge is 2.18. The van der Waals surface area contributed by atoms with Crippen molar-refractivity contribution < 1.29 is 4.79 Å². The molecule has 3 N–H and O–H groups in total. The van der Waals surface area contributed by atoms with E-state index in [-0.39, 0.29) is 11.9 Å². The van der Waals surface area contributed by atoms with Crippen LogP contribution in [0.5, 0.6) is 0 Å². The van der Waals surface area contributed by atoms with Crippen molar-refractivity contribution >= 4 is 39.1 Å². The molecule has 23 heavy (non-hydrogen) atoms. The number of nitrogens with two attached hydrogens (primary N) is 1. The van der Waals surface area contributed by atoms with Gasteiger partial charge in [0.15, 0.2) is 0 Å². The number of carbonyl (C=O) groups is 1. The van der Waals surface area contributed by atoms with Gasteiger partial charge in [0.1, 0.15) is 4.83 Å². The van der Waals surface area contributed by atoms with Crippen LogP contribution in [0.2, 0.25) is 5.02 Å². The number of halogens is 1. The molecule has 2 heterocycles. The highest BCUT2D eigenvalue weighted by molar-refractivity contribution is 7.20. The van der Waals surface area contributed by atoms with Gasteiger partial charge in [-0.15, -0.1) is 11.3 Å². The molecule has 0 saturated heterocycles. The molecular weight excluding hydrogens is 332 g/mol. The first-order valence-electron chi connectivity index (χ1n) is 7.26. The average molecular weight is 349 g/mol. The predicted molar refractivity (Wildman–Crippen MR) is 94.7 cm³/mol. The summed E-state index contributed by atoms with van der Waals surface area (Å²) >= 11 is 7.67. The Bertz CT molecular complexity index is 870. The van der Waals surface area contributed by atoms with Crippen LogP contribution in [-0.2, 0) is 0 Å². The Balaban J connectivity index is 2.06. The van der Waals surface area contributed by atoms with E-state index >= 15 is 0 Å². The maximum absolute atomic E-state index is 12.3. The van der Waals surface area contributed by atoms with Crippen molar-refractivity contribution in [2.45, 2.75) is 19.9 Å². The first kappa shape index (κ1) is 16.0. The Morgan fingerprint density at radius 3 is 2.91 bits per heavy atom. The van der Waals surface area contributed by atoms with Crippen LogP contribution in [0, 0.1) is 6.92 Å². The van der Waals surface area contributed by atoms with Gasteiger partial charge in [-0.05, 0) is 32.0 Å². The van der Waals surface area contributed by atoms with Gasteiger partial charge in [-0.25, -0.2) is 4.68 Å². The van der Waals surface area contributed by atoms with Crippen molar-refractivity contribution in [2.24, 2.45) is 5.73 Å². The van der Waals surface area contributed by atoms with Gasteiger partial charge in [0.2, 0.25) is 0 Å². The third-order valence-electron chi connectivity index (χ3n) is 3.58. The molecule has 0 spiro atoms. The summed E-state index contributed by atoms with van der Waals surface area (Å²) in [4.78, 5) is 13.8. The molecule has 120 valence electrons. The van der Waals surface area contributed by atoms with E-state index in [1.807, 2.05) is 44.2 Å². The first-order valence-corrected chi connectivity index (χ1v) is 8.45. The third-order valence-corrected chi connectivity index (χ3v) is 5.01. The van der Waals surface area contributed by atoms with Gasteiger partial charge in [-0.1, -0.05) is 23.7 Å². The highest BCUT2D eigenvalue weighted by atomic mass is 35.5. The number of benzene rings is 1. The van der Waals surface area contributed by atoms with E-state index in [4.69, 9.17) is 17.3 Å². The lowest BCUT2D eigenvalue weighted by Crippen LogP contribution is -2.37. The molecular formula is C16H17ClN4OS. The number of hydrogen-bond acceptors (Lipinski definition) is 4. The van der Waals surface area contributed by atoms with Crippen molar-refractivity contribution in [3.8, 4) is 5.69 Å². The topological polar surface area (TPSA) is 72.9 Å². The summed E-state index contributed by atoms with van der Waals surface area (Å²) in [6, 6.07) is 9.33. The number of carbonyl (C=O) groups excluding carboxylic acids is 1. The van der Waals surface area contributed by atoms with Crippen molar-refractivity contribution in [2.75, 3.05) is 6.54 Å². The molecule has 0 aliphatic rings. The quantitative estimate of drug-likeness (QED) is 0.760. The SMILES string of the molecule is Cc1nn(-c2ccccc2Cl)c2sc(C(=O)N[C@@H](C)CN)cc12. The van der Waals surface area contributed by atoms with Crippen LogP contribution < -0.4 is 11.1 Å². The maximum atomic E-state index is 12.3. The molecule has 0 unspecified atom stereocenters. The number of para-hydroxylation sites is 1. The molecule has 1 amide bonds. The summed E-state index contributed by atoms with van der Waals surface area (Å²) in [6.45, 7) is 4.21. The summed E-state index contributed by atoms with van der Waals surface area (Å²) in [5.74, 6) is -0.116. The van der Waals surface area contributed by atoms with E-state index in [0.717, 1.165) is 21.6 Å². The fraction of sp³-hybridized carbons (Fsp3) is 0.250. The number of nitrogens with zero attached hydrogens (tertiary/aromatic N) is 2. The molecule has 1 atom stereocenters. The molecule has 1 aromatic carbocycles. The van der Waals surface area contributed by atoms with Crippen LogP contribution in [0.1, 0.15) is 22.3 Å². The van der Waals surface area contributed by atoms with E-state index in [0.29, 0.717) is 16.4 Å². The Labute approximate surface area is 143 Å². The monoisotopic (exact) mass is 348 g/mol. The van der Waals surface area contributed by atoms with Crippen LogP contribution in [0.15, 0.2) is 30.3 Å². The summed E-state index contributed by atoms with van der Waals surface area (Å²) in [5, 5.41) is 9.00. The van der Waals surface area contributed by atoms with Gasteiger partial charge < -0.3 is 11.1 Å². The largest absolute Gasteiger partial charge is 0.348 e. The Hall–Kier alpha value is -1.89. The Morgan fingerprint density at radius 2 is 2.22 bits per heavy atom. The Morgan fingerprint density at radius 1 is 1.48 bits per heavy atom. The summed E-state index contributed by atoms with van der Waals surface area (Å²) in [7, 11) is 0. The van der Waals surface area contributed by atoms with Crippen molar-refractivity contribution in [3.05, 3.63) is 45.9 Å². The van der Waals surface area contributed by atoms with Crippen LogP contribution in [0.4, 0.5) is 0 Å². The minimum atomic E-state index is -0.116. The lowest BCUT2D eigenvalue weighted by molar-refractivity contribution is 0.0945. The van der Waals surface area contributed by atoms with E-state index < -0.39 is 0 Å². The summed E-state index contributed by atoms with van der Waals surface area (Å²) in [5.41, 5.74) is 7.22. The normalized spacial score (nSPS) is 12.5. The van der Waals surface area contributed by atoms with Crippen molar-refractivity contribution in [1.82, 2.24) is 15.1 Å². The second-order valence-electron chi connectivity index (χ2n) is 5.39. The first-order chi connectivity index (χ1) is 11.0. The highest BCUT2D eigenvalue weighted by Crippen LogP contribution is 2.32. The number of aryl methyl sites for hydroxylation is 1. The number of fused-ring (bicyclic) bond motifs is 1. The van der Waals surface area contributed by atoms with Gasteiger partial charge in [0.05, 0.1) is 21.3 Å². The number of thiophene rings is 1. The third kappa shape index (κ3) is 2.97. The number of hydrogen-bond donors (Lipinski definition) is 2. The standard InChI is InChI=1S/C16H17ClN4OS/c1-9(8-18)19-15(22)14-7-11-10(2)20-21(16(11)23-14)13-6-4-3-5-12(13)17/h3-7,9H,8,18H2,1-2H3,(H,19,22)/t9-/m0/s1. The molecule has 0 aliphatic heterocycles.